The highest BCUT2D eigenvalue weighted by Crippen LogP contribution is 2.26. The van der Waals surface area contributed by atoms with Crippen LogP contribution < -0.4 is 10.6 Å². The van der Waals surface area contributed by atoms with Crippen molar-refractivity contribution in [3.63, 3.8) is 0 Å². The van der Waals surface area contributed by atoms with E-state index in [1.54, 1.807) is 6.07 Å². The Labute approximate surface area is 146 Å². The molecule has 0 fully saturated rings. The molecule has 3 rings (SSSR count). The highest BCUT2D eigenvalue weighted by Gasteiger charge is 2.07. The number of amides is 1. The molecule has 0 unspecified atom stereocenters. The smallest absolute Gasteiger partial charge is 0.247 e. The Balaban J connectivity index is 1.93. The average molecular weight is 332 g/mol. The molecule has 0 atom stereocenters. The molecule has 2 aromatic carbocycles. The van der Waals surface area contributed by atoms with Crippen LogP contribution in [0.2, 0.25) is 0 Å². The van der Waals surface area contributed by atoms with Gasteiger partial charge in [-0.05, 0) is 47.9 Å². The summed E-state index contributed by atoms with van der Waals surface area (Å²) in [6, 6.07) is 13.8. The maximum Gasteiger partial charge on any atom is 0.247 e. The van der Waals surface area contributed by atoms with E-state index < -0.39 is 0 Å². The number of anilines is 3. The van der Waals surface area contributed by atoms with Gasteiger partial charge in [0.05, 0.1) is 5.52 Å². The maximum absolute atomic E-state index is 11.5. The Morgan fingerprint density at radius 2 is 1.80 bits per heavy atom. The van der Waals surface area contributed by atoms with Crippen molar-refractivity contribution < 1.29 is 4.79 Å². The Kier molecular flexibility index (Phi) is 4.75. The van der Waals surface area contributed by atoms with E-state index in [4.69, 9.17) is 0 Å². The molecule has 5 heteroatoms. The first kappa shape index (κ1) is 16.6. The van der Waals surface area contributed by atoms with E-state index in [2.05, 4.69) is 53.2 Å². The summed E-state index contributed by atoms with van der Waals surface area (Å²) in [5.41, 5.74) is 3.70. The van der Waals surface area contributed by atoms with Crippen molar-refractivity contribution in [2.45, 2.75) is 19.8 Å². The first-order valence-corrected chi connectivity index (χ1v) is 8.12. The summed E-state index contributed by atoms with van der Waals surface area (Å²) >= 11 is 0. The fourth-order valence-corrected chi connectivity index (χ4v) is 2.52. The molecule has 5 nitrogen and oxygen atoms in total. The lowest BCUT2D eigenvalue weighted by atomic mass is 10.0. The fraction of sp³-hybridized carbons (Fsp3) is 0.150. The third kappa shape index (κ3) is 3.83. The van der Waals surface area contributed by atoms with Gasteiger partial charge < -0.3 is 10.6 Å². The Morgan fingerprint density at radius 1 is 1.08 bits per heavy atom. The highest BCUT2D eigenvalue weighted by molar-refractivity contribution is 6.01. The van der Waals surface area contributed by atoms with Gasteiger partial charge in [0.1, 0.15) is 12.1 Å². The van der Waals surface area contributed by atoms with Gasteiger partial charge in [-0.1, -0.05) is 32.6 Å². The van der Waals surface area contributed by atoms with Gasteiger partial charge in [0.25, 0.3) is 0 Å². The van der Waals surface area contributed by atoms with Crippen molar-refractivity contribution in [2.24, 2.45) is 0 Å². The molecule has 0 aliphatic rings. The second-order valence-corrected chi connectivity index (χ2v) is 6.05. The van der Waals surface area contributed by atoms with Crippen LogP contribution in [-0.2, 0) is 4.79 Å². The summed E-state index contributed by atoms with van der Waals surface area (Å²) < 4.78 is 0. The molecular formula is C20H20N4O. The van der Waals surface area contributed by atoms with Crippen molar-refractivity contribution in [3.8, 4) is 0 Å². The monoisotopic (exact) mass is 332 g/mol. The number of hydrogen-bond acceptors (Lipinski definition) is 4. The van der Waals surface area contributed by atoms with Crippen LogP contribution in [0.25, 0.3) is 10.9 Å². The lowest BCUT2D eigenvalue weighted by molar-refractivity contribution is -0.111. The van der Waals surface area contributed by atoms with Crippen LogP contribution in [0, 0.1) is 0 Å². The predicted molar refractivity (Wildman–Crippen MR) is 102 cm³/mol. The van der Waals surface area contributed by atoms with Gasteiger partial charge in [-0.3, -0.25) is 4.79 Å². The molecule has 0 bridgehead atoms. The number of nitrogens with one attached hydrogen (secondary N) is 2. The van der Waals surface area contributed by atoms with Crippen molar-refractivity contribution in [2.75, 3.05) is 10.6 Å². The van der Waals surface area contributed by atoms with E-state index in [-0.39, 0.29) is 5.91 Å². The van der Waals surface area contributed by atoms with E-state index in [9.17, 15) is 4.79 Å². The van der Waals surface area contributed by atoms with Gasteiger partial charge in [0.15, 0.2) is 0 Å². The first-order chi connectivity index (χ1) is 12.1. The molecular weight excluding hydrogens is 312 g/mol. The van der Waals surface area contributed by atoms with Gasteiger partial charge in [-0.2, -0.15) is 0 Å². The Morgan fingerprint density at radius 3 is 2.48 bits per heavy atom. The summed E-state index contributed by atoms with van der Waals surface area (Å²) in [5.74, 6) is 0.928. The second-order valence-electron chi connectivity index (χ2n) is 6.05. The normalized spacial score (nSPS) is 10.7. The van der Waals surface area contributed by atoms with Gasteiger partial charge in [-0.15, -0.1) is 0 Å². The van der Waals surface area contributed by atoms with Crippen LogP contribution in [-0.4, -0.2) is 15.9 Å². The number of aromatic nitrogens is 2. The van der Waals surface area contributed by atoms with Crippen LogP contribution in [0.3, 0.4) is 0 Å². The van der Waals surface area contributed by atoms with Gasteiger partial charge in [0.2, 0.25) is 5.91 Å². The number of fused-ring (bicyclic) bond motifs is 1. The van der Waals surface area contributed by atoms with Gasteiger partial charge in [0, 0.05) is 16.8 Å². The standard InChI is InChI=1S/C20H20N4O/c1-4-19(25)23-16-9-10-18-17(11-16)20(22-12-21-18)24-15-7-5-14(6-8-15)13(2)3/h4-13H,1H2,2-3H3,(H,23,25)(H,21,22,24). The lowest BCUT2D eigenvalue weighted by Crippen LogP contribution is -2.07. The largest absolute Gasteiger partial charge is 0.340 e. The van der Waals surface area contributed by atoms with Crippen molar-refractivity contribution in [1.29, 1.82) is 0 Å². The van der Waals surface area contributed by atoms with Crippen molar-refractivity contribution in [3.05, 3.63) is 67.0 Å². The zero-order chi connectivity index (χ0) is 17.8. The molecule has 1 aromatic heterocycles. The summed E-state index contributed by atoms with van der Waals surface area (Å²) in [6.07, 6.45) is 2.76. The summed E-state index contributed by atoms with van der Waals surface area (Å²) in [7, 11) is 0. The zero-order valence-corrected chi connectivity index (χ0v) is 14.3. The summed E-state index contributed by atoms with van der Waals surface area (Å²) in [6.45, 7) is 7.79. The Hall–Kier alpha value is -3.21. The van der Waals surface area contributed by atoms with Crippen LogP contribution in [0.1, 0.15) is 25.3 Å². The average Bonchev–Trinajstić information content (AvgIpc) is 2.62. The van der Waals surface area contributed by atoms with Crippen LogP contribution in [0.5, 0.6) is 0 Å². The molecule has 1 heterocycles. The minimum atomic E-state index is -0.255. The van der Waals surface area contributed by atoms with Gasteiger partial charge >= 0.3 is 0 Å². The molecule has 0 saturated carbocycles. The Bertz CT molecular complexity index is 917. The van der Waals surface area contributed by atoms with E-state index in [0.29, 0.717) is 17.4 Å². The molecule has 3 aromatic rings. The number of carbonyl (C=O) groups excluding carboxylic acids is 1. The van der Waals surface area contributed by atoms with E-state index in [0.717, 1.165) is 16.6 Å². The van der Waals surface area contributed by atoms with Crippen molar-refractivity contribution in [1.82, 2.24) is 9.97 Å². The highest BCUT2D eigenvalue weighted by atomic mass is 16.1. The number of carbonyl (C=O) groups is 1. The minimum Gasteiger partial charge on any atom is -0.340 e. The minimum absolute atomic E-state index is 0.255. The fourth-order valence-electron chi connectivity index (χ4n) is 2.52. The number of rotatable bonds is 5. The number of nitrogens with zero attached hydrogens (tertiary/aromatic N) is 2. The first-order valence-electron chi connectivity index (χ1n) is 8.12. The van der Waals surface area contributed by atoms with Crippen LogP contribution >= 0.6 is 0 Å². The summed E-state index contributed by atoms with van der Waals surface area (Å²) in [5, 5.41) is 6.91. The number of hydrogen-bond donors (Lipinski definition) is 2. The molecule has 25 heavy (non-hydrogen) atoms. The third-order valence-corrected chi connectivity index (χ3v) is 3.93. The molecule has 0 radical (unpaired) electrons. The molecule has 1 amide bonds. The van der Waals surface area contributed by atoms with Crippen LogP contribution in [0.4, 0.5) is 17.2 Å². The summed E-state index contributed by atoms with van der Waals surface area (Å²) in [4.78, 5) is 20.1. The molecule has 0 spiro atoms. The van der Waals surface area contributed by atoms with Crippen molar-refractivity contribution >= 4 is 34.0 Å². The van der Waals surface area contributed by atoms with Gasteiger partial charge in [-0.25, -0.2) is 9.97 Å². The SMILES string of the molecule is C=CC(=O)Nc1ccc2ncnc(Nc3ccc(C(C)C)cc3)c2c1. The number of benzene rings is 2. The molecule has 2 N–H and O–H groups in total. The molecule has 0 aliphatic carbocycles. The van der Waals surface area contributed by atoms with E-state index >= 15 is 0 Å². The topological polar surface area (TPSA) is 66.9 Å². The maximum atomic E-state index is 11.5. The molecule has 126 valence electrons. The second kappa shape index (κ2) is 7.13. The molecule has 0 saturated heterocycles. The lowest BCUT2D eigenvalue weighted by Gasteiger charge is -2.11. The van der Waals surface area contributed by atoms with Crippen LogP contribution in [0.15, 0.2) is 61.4 Å². The van der Waals surface area contributed by atoms with E-state index in [1.165, 1.54) is 18.0 Å². The molecule has 0 aliphatic heterocycles. The third-order valence-electron chi connectivity index (χ3n) is 3.93. The zero-order valence-electron chi connectivity index (χ0n) is 14.3. The quantitative estimate of drug-likeness (QED) is 0.669. The predicted octanol–water partition coefficient (Wildman–Crippen LogP) is 4.62. The van der Waals surface area contributed by atoms with E-state index in [1.807, 2.05) is 24.3 Å².